The van der Waals surface area contributed by atoms with Crippen LogP contribution in [-0.2, 0) is 23.9 Å². The Morgan fingerprint density at radius 2 is 1.58 bits per heavy atom. The van der Waals surface area contributed by atoms with Gasteiger partial charge in [-0.1, -0.05) is 27.7 Å². The maximum atomic E-state index is 13.6. The predicted octanol–water partition coefficient (Wildman–Crippen LogP) is 6.82. The van der Waals surface area contributed by atoms with E-state index in [2.05, 4.69) is 72.3 Å². The molecule has 0 heterocycles. The maximum Gasteiger partial charge on any atom is 0.332 e. The Balaban J connectivity index is 1.20. The van der Waals surface area contributed by atoms with Crippen LogP contribution in [0.15, 0.2) is 42.5 Å². The first-order valence-corrected chi connectivity index (χ1v) is 17.7. The number of hydrogen-bond donors (Lipinski definition) is 3. The zero-order chi connectivity index (χ0) is 35.3. The first-order chi connectivity index (χ1) is 22.5. The Bertz CT molecular complexity index is 1510. The molecule has 0 atom stereocenters. The topological polar surface area (TPSA) is 139 Å². The molecule has 2 aromatic rings. The van der Waals surface area contributed by atoms with E-state index in [1.165, 1.54) is 0 Å². The fourth-order valence-electron chi connectivity index (χ4n) is 6.73. The normalized spacial score (nSPS) is 20.0. The highest BCUT2D eigenvalue weighted by Gasteiger charge is 2.66. The van der Waals surface area contributed by atoms with E-state index in [-0.39, 0.29) is 47.4 Å². The smallest absolute Gasteiger partial charge is 0.332 e. The number of carbonyl (C=O) groups excluding carboxylic acids is 3. The predicted molar refractivity (Wildman–Crippen MR) is 194 cm³/mol. The van der Waals surface area contributed by atoms with Crippen molar-refractivity contribution in [2.75, 3.05) is 30.4 Å². The van der Waals surface area contributed by atoms with Crippen LogP contribution in [-0.4, -0.2) is 55.3 Å². The summed E-state index contributed by atoms with van der Waals surface area (Å²) in [6, 6.07) is 14.9. The fraction of sp³-hybridized carbons (Fsp3) is 0.568. The zero-order valence-corrected chi connectivity index (χ0v) is 31.3. The van der Waals surface area contributed by atoms with Gasteiger partial charge in [0.25, 0.3) is 0 Å². The van der Waals surface area contributed by atoms with Crippen LogP contribution in [0.2, 0.25) is 0 Å². The lowest BCUT2D eigenvalue weighted by Crippen LogP contribution is -2.75. The molecule has 10 nitrogen and oxygen atoms in total. The number of amides is 2. The minimum absolute atomic E-state index is 0.0292. The summed E-state index contributed by atoms with van der Waals surface area (Å²) < 4.78 is 17.9. The van der Waals surface area contributed by atoms with Gasteiger partial charge in [0.2, 0.25) is 11.8 Å². The average molecular weight is 773 g/mol. The van der Waals surface area contributed by atoms with Crippen molar-refractivity contribution < 1.29 is 28.6 Å². The SMILES string of the molecule is CC(C)(C)OC(=O)COCCCCCNc1ccc(NC(=O)C2(C(=O)NC3C(C)(C)C(Oc4ccc(C#N)c(I)c4)C3(C)C)CC2)cc1. The molecule has 0 spiro atoms. The molecule has 0 aliphatic heterocycles. The van der Waals surface area contributed by atoms with Crippen LogP contribution in [0, 0.1) is 31.1 Å². The number of ether oxygens (including phenoxy) is 3. The molecule has 260 valence electrons. The monoisotopic (exact) mass is 772 g/mol. The molecular formula is C37H49IN4O6. The van der Waals surface area contributed by atoms with Crippen LogP contribution < -0.4 is 20.7 Å². The highest BCUT2D eigenvalue weighted by atomic mass is 127. The minimum Gasteiger partial charge on any atom is -0.489 e. The van der Waals surface area contributed by atoms with Crippen LogP contribution in [0.25, 0.3) is 0 Å². The van der Waals surface area contributed by atoms with Gasteiger partial charge in [0.15, 0.2) is 0 Å². The maximum absolute atomic E-state index is 13.6. The minimum atomic E-state index is -1.07. The van der Waals surface area contributed by atoms with Gasteiger partial charge in [-0.2, -0.15) is 5.26 Å². The molecule has 48 heavy (non-hydrogen) atoms. The van der Waals surface area contributed by atoms with Gasteiger partial charge in [0.1, 0.15) is 35.5 Å². The lowest BCUT2D eigenvalue weighted by Gasteiger charge is -2.63. The second-order valence-corrected chi connectivity index (χ2v) is 16.2. The Kier molecular flexibility index (Phi) is 11.7. The van der Waals surface area contributed by atoms with Crippen LogP contribution in [0.1, 0.15) is 86.1 Å². The van der Waals surface area contributed by atoms with Crippen molar-refractivity contribution in [2.45, 2.75) is 98.3 Å². The number of halogens is 1. The highest BCUT2D eigenvalue weighted by molar-refractivity contribution is 14.1. The van der Waals surface area contributed by atoms with Crippen molar-refractivity contribution in [1.29, 1.82) is 5.26 Å². The highest BCUT2D eigenvalue weighted by Crippen LogP contribution is 2.56. The number of nitriles is 1. The van der Waals surface area contributed by atoms with Crippen molar-refractivity contribution in [3.05, 3.63) is 51.6 Å². The molecular weight excluding hydrogens is 723 g/mol. The van der Waals surface area contributed by atoms with E-state index in [0.717, 1.165) is 35.1 Å². The molecule has 2 aliphatic carbocycles. The molecule has 2 saturated carbocycles. The quantitative estimate of drug-likeness (QED) is 0.0777. The average Bonchev–Trinajstić information content (AvgIpc) is 3.82. The summed E-state index contributed by atoms with van der Waals surface area (Å²) in [6.07, 6.45) is 3.59. The molecule has 0 radical (unpaired) electrons. The number of hydrogen-bond acceptors (Lipinski definition) is 8. The Morgan fingerprint density at radius 3 is 2.17 bits per heavy atom. The van der Waals surface area contributed by atoms with Crippen molar-refractivity contribution in [3.63, 3.8) is 0 Å². The van der Waals surface area contributed by atoms with Crippen molar-refractivity contribution >= 4 is 51.7 Å². The van der Waals surface area contributed by atoms with Gasteiger partial charge in [-0.15, -0.1) is 0 Å². The number of anilines is 2. The molecule has 11 heteroatoms. The largest absolute Gasteiger partial charge is 0.489 e. The van der Waals surface area contributed by atoms with E-state index in [4.69, 9.17) is 14.2 Å². The van der Waals surface area contributed by atoms with Gasteiger partial charge in [0, 0.05) is 45.0 Å². The summed E-state index contributed by atoms with van der Waals surface area (Å²) >= 11 is 2.13. The van der Waals surface area contributed by atoms with Crippen LogP contribution in [0.5, 0.6) is 5.75 Å². The number of rotatable bonds is 15. The molecule has 2 aliphatic rings. The van der Waals surface area contributed by atoms with Crippen LogP contribution >= 0.6 is 22.6 Å². The molecule has 0 aromatic heterocycles. The summed E-state index contributed by atoms with van der Waals surface area (Å²) in [5, 5.41) is 18.8. The number of carbonyl (C=O) groups is 3. The molecule has 2 fully saturated rings. The van der Waals surface area contributed by atoms with Crippen LogP contribution in [0.3, 0.4) is 0 Å². The Hall–Kier alpha value is -3.37. The van der Waals surface area contributed by atoms with Gasteiger partial charge in [-0.05, 0) is 118 Å². The second-order valence-electron chi connectivity index (χ2n) is 15.0. The summed E-state index contributed by atoms with van der Waals surface area (Å²) in [6.45, 7) is 15.0. The van der Waals surface area contributed by atoms with Crippen LogP contribution in [0.4, 0.5) is 11.4 Å². The third-order valence-corrected chi connectivity index (χ3v) is 10.0. The molecule has 0 saturated heterocycles. The van der Waals surface area contributed by atoms with Gasteiger partial charge in [0.05, 0.1) is 5.56 Å². The van der Waals surface area contributed by atoms with Crippen molar-refractivity contribution in [3.8, 4) is 11.8 Å². The standard InChI is InChI=1S/C37H49IN4O6/c1-34(2,3)48-29(43)23-46-20-10-8-9-19-40-25-12-14-26(15-13-25)41-32(44)37(17-18-37)33(45)42-30-35(4,5)31(36(30,6)7)47-27-16-11-24(22-39)28(38)21-27/h11-16,21,30-31,40H,8-10,17-20,23H2,1-7H3,(H,41,44)(H,42,45). The van der Waals surface area contributed by atoms with E-state index >= 15 is 0 Å². The summed E-state index contributed by atoms with van der Waals surface area (Å²) in [5.74, 6) is -0.194. The van der Waals surface area contributed by atoms with E-state index in [1.54, 1.807) is 6.07 Å². The summed E-state index contributed by atoms with van der Waals surface area (Å²) in [7, 11) is 0. The fourth-order valence-corrected chi connectivity index (χ4v) is 7.34. The molecule has 4 rings (SSSR count). The number of benzene rings is 2. The first kappa shape index (κ1) is 37.4. The molecule has 0 bridgehead atoms. The van der Waals surface area contributed by atoms with Gasteiger partial charge in [-0.25, -0.2) is 4.79 Å². The van der Waals surface area contributed by atoms with Gasteiger partial charge >= 0.3 is 5.97 Å². The molecule has 3 N–H and O–H groups in total. The van der Waals surface area contributed by atoms with Gasteiger partial charge < -0.3 is 30.2 Å². The number of nitrogens with zero attached hydrogens (tertiary/aromatic N) is 1. The van der Waals surface area contributed by atoms with E-state index in [0.29, 0.717) is 36.4 Å². The Labute approximate surface area is 298 Å². The van der Waals surface area contributed by atoms with E-state index < -0.39 is 11.0 Å². The molecule has 0 unspecified atom stereocenters. The zero-order valence-electron chi connectivity index (χ0n) is 29.1. The summed E-state index contributed by atoms with van der Waals surface area (Å²) in [4.78, 5) is 38.6. The molecule has 2 aromatic carbocycles. The van der Waals surface area contributed by atoms with Gasteiger partial charge in [-0.3, -0.25) is 9.59 Å². The van der Waals surface area contributed by atoms with E-state index in [9.17, 15) is 19.6 Å². The van der Waals surface area contributed by atoms with E-state index in [1.807, 2.05) is 57.2 Å². The first-order valence-electron chi connectivity index (χ1n) is 16.6. The number of nitrogens with one attached hydrogen (secondary N) is 3. The third-order valence-electron chi connectivity index (χ3n) is 9.13. The lowest BCUT2D eigenvalue weighted by atomic mass is 9.49. The lowest BCUT2D eigenvalue weighted by molar-refractivity contribution is -0.175. The number of esters is 1. The van der Waals surface area contributed by atoms with Crippen molar-refractivity contribution in [2.24, 2.45) is 16.2 Å². The molecule has 2 amide bonds. The third kappa shape index (κ3) is 8.99. The summed E-state index contributed by atoms with van der Waals surface area (Å²) in [5.41, 5.74) is -0.170. The second kappa shape index (κ2) is 15.0. The Morgan fingerprint density at radius 1 is 0.938 bits per heavy atom. The van der Waals surface area contributed by atoms with Crippen molar-refractivity contribution in [1.82, 2.24) is 5.32 Å². The number of unbranched alkanes of at least 4 members (excludes halogenated alkanes) is 2.